The van der Waals surface area contributed by atoms with Crippen LogP contribution in [0.3, 0.4) is 0 Å². The zero-order valence-corrected chi connectivity index (χ0v) is 13.2. The lowest BCUT2D eigenvalue weighted by molar-refractivity contribution is -0.0172. The van der Waals surface area contributed by atoms with Gasteiger partial charge in [-0.3, -0.25) is 4.99 Å². The Morgan fingerprint density at radius 3 is 2.91 bits per heavy atom. The number of aliphatic imine (C=N–C) groups is 1. The van der Waals surface area contributed by atoms with Crippen molar-refractivity contribution >= 4 is 5.96 Å². The van der Waals surface area contributed by atoms with Gasteiger partial charge in [0.15, 0.2) is 12.8 Å². The number of halogens is 1. The van der Waals surface area contributed by atoms with Gasteiger partial charge in [0.2, 0.25) is 0 Å². The van der Waals surface area contributed by atoms with Crippen molar-refractivity contribution in [1.82, 2.24) is 10.6 Å². The molecule has 6 heteroatoms. The fraction of sp³-hybridized carbons (Fsp3) is 0.562. The second-order valence-electron chi connectivity index (χ2n) is 5.19. The highest BCUT2D eigenvalue weighted by molar-refractivity contribution is 5.79. The number of nitrogens with zero attached hydrogens (tertiary/aromatic N) is 1. The molecule has 0 spiro atoms. The minimum absolute atomic E-state index is 0.222. The molecular weight excluding hydrogens is 285 g/mol. The van der Waals surface area contributed by atoms with Gasteiger partial charge >= 0.3 is 0 Å². The smallest absolute Gasteiger partial charge is 0.190 e. The summed E-state index contributed by atoms with van der Waals surface area (Å²) < 4.78 is 24.3. The number of nitrogens with one attached hydrogen (secondary N) is 2. The van der Waals surface area contributed by atoms with E-state index < -0.39 is 0 Å². The molecule has 0 fully saturated rings. The zero-order chi connectivity index (χ0) is 15.8. The average molecular weight is 309 g/mol. The van der Waals surface area contributed by atoms with Gasteiger partial charge in [-0.2, -0.15) is 0 Å². The summed E-state index contributed by atoms with van der Waals surface area (Å²) in [5.41, 5.74) is 1.63. The van der Waals surface area contributed by atoms with Gasteiger partial charge in [-0.05, 0) is 30.5 Å². The highest BCUT2D eigenvalue weighted by Gasteiger charge is 2.16. The highest BCUT2D eigenvalue weighted by atomic mass is 19.1. The first-order chi connectivity index (χ1) is 10.7. The van der Waals surface area contributed by atoms with Crippen LogP contribution in [0.15, 0.2) is 17.1 Å². The average Bonchev–Trinajstić information content (AvgIpc) is 2.53. The quantitative estimate of drug-likeness (QED) is 0.480. The summed E-state index contributed by atoms with van der Waals surface area (Å²) in [7, 11) is 1.74. The molecule has 0 amide bonds. The molecule has 2 rings (SSSR count). The van der Waals surface area contributed by atoms with E-state index >= 15 is 0 Å². The van der Waals surface area contributed by atoms with Gasteiger partial charge in [0.05, 0.1) is 6.61 Å². The fourth-order valence-electron chi connectivity index (χ4n) is 2.36. The third kappa shape index (κ3) is 4.59. The SMILES string of the molecule is CCCCNC(=NC)NCCc1cc(F)cc2c1OCOC2. The van der Waals surface area contributed by atoms with Crippen LogP contribution in [-0.2, 0) is 17.8 Å². The molecule has 1 aromatic carbocycles. The Bertz CT molecular complexity index is 520. The van der Waals surface area contributed by atoms with Gasteiger partial charge in [-0.15, -0.1) is 0 Å². The van der Waals surface area contributed by atoms with E-state index in [9.17, 15) is 4.39 Å². The summed E-state index contributed by atoms with van der Waals surface area (Å²) in [6.07, 6.45) is 2.90. The zero-order valence-electron chi connectivity index (χ0n) is 13.2. The molecule has 0 aliphatic carbocycles. The first kappa shape index (κ1) is 16.5. The Kier molecular flexibility index (Phi) is 6.45. The number of hydrogen-bond acceptors (Lipinski definition) is 3. The van der Waals surface area contributed by atoms with Crippen LogP contribution in [0.1, 0.15) is 30.9 Å². The third-order valence-electron chi connectivity index (χ3n) is 3.48. The molecule has 1 aliphatic rings. The van der Waals surface area contributed by atoms with Crippen molar-refractivity contribution in [1.29, 1.82) is 0 Å². The lowest BCUT2D eigenvalue weighted by atomic mass is 10.1. The van der Waals surface area contributed by atoms with Crippen LogP contribution < -0.4 is 15.4 Å². The van der Waals surface area contributed by atoms with E-state index in [1.165, 1.54) is 12.1 Å². The van der Waals surface area contributed by atoms with Gasteiger partial charge < -0.3 is 20.1 Å². The summed E-state index contributed by atoms with van der Waals surface area (Å²) in [6.45, 7) is 4.32. The topological polar surface area (TPSA) is 54.9 Å². The summed E-state index contributed by atoms with van der Waals surface area (Å²) in [4.78, 5) is 4.17. The van der Waals surface area contributed by atoms with Crippen molar-refractivity contribution in [3.05, 3.63) is 29.1 Å². The van der Waals surface area contributed by atoms with Crippen LogP contribution in [0.5, 0.6) is 5.75 Å². The second-order valence-corrected chi connectivity index (χ2v) is 5.19. The number of hydrogen-bond donors (Lipinski definition) is 2. The molecule has 0 saturated heterocycles. The molecule has 0 radical (unpaired) electrons. The molecule has 22 heavy (non-hydrogen) atoms. The number of fused-ring (bicyclic) bond motifs is 1. The van der Waals surface area contributed by atoms with Crippen LogP contribution >= 0.6 is 0 Å². The van der Waals surface area contributed by atoms with E-state index in [0.29, 0.717) is 19.6 Å². The van der Waals surface area contributed by atoms with Gasteiger partial charge in [0.25, 0.3) is 0 Å². The largest absolute Gasteiger partial charge is 0.467 e. The first-order valence-electron chi connectivity index (χ1n) is 7.71. The van der Waals surface area contributed by atoms with Crippen molar-refractivity contribution in [3.63, 3.8) is 0 Å². The van der Waals surface area contributed by atoms with Crippen LogP contribution in [0.2, 0.25) is 0 Å². The Morgan fingerprint density at radius 2 is 2.14 bits per heavy atom. The molecule has 0 atom stereocenters. The number of unbranched alkanes of at least 4 members (excludes halogenated alkanes) is 1. The normalized spacial score (nSPS) is 14.2. The molecule has 5 nitrogen and oxygen atoms in total. The maximum atomic E-state index is 13.6. The fourth-order valence-corrected chi connectivity index (χ4v) is 2.36. The Morgan fingerprint density at radius 1 is 1.32 bits per heavy atom. The van der Waals surface area contributed by atoms with Crippen molar-refractivity contribution in [3.8, 4) is 5.75 Å². The van der Waals surface area contributed by atoms with Gasteiger partial charge in [-0.1, -0.05) is 13.3 Å². The van der Waals surface area contributed by atoms with Crippen LogP contribution in [0.25, 0.3) is 0 Å². The summed E-state index contributed by atoms with van der Waals surface area (Å²) in [5, 5.41) is 6.48. The summed E-state index contributed by atoms with van der Waals surface area (Å²) in [6, 6.07) is 3.00. The second kappa shape index (κ2) is 8.58. The van der Waals surface area contributed by atoms with E-state index in [1.807, 2.05) is 0 Å². The van der Waals surface area contributed by atoms with Gasteiger partial charge in [0.1, 0.15) is 11.6 Å². The Labute approximate surface area is 130 Å². The maximum Gasteiger partial charge on any atom is 0.190 e. The van der Waals surface area contributed by atoms with Crippen LogP contribution in [-0.4, -0.2) is 32.9 Å². The number of rotatable bonds is 6. The summed E-state index contributed by atoms with van der Waals surface area (Å²) >= 11 is 0. The first-order valence-corrected chi connectivity index (χ1v) is 7.71. The minimum Gasteiger partial charge on any atom is -0.467 e. The minimum atomic E-state index is -0.256. The molecule has 2 N–H and O–H groups in total. The standard InChI is InChI=1S/C16H24FN3O2/c1-3-4-6-19-16(18-2)20-7-5-12-8-14(17)9-13-10-21-11-22-15(12)13/h8-9H,3-7,10-11H2,1-2H3,(H2,18,19,20). The van der Waals surface area contributed by atoms with Crippen molar-refractivity contribution in [2.75, 3.05) is 26.9 Å². The molecule has 1 aromatic rings. The molecule has 0 aromatic heterocycles. The van der Waals surface area contributed by atoms with E-state index in [4.69, 9.17) is 9.47 Å². The highest BCUT2D eigenvalue weighted by Crippen LogP contribution is 2.29. The van der Waals surface area contributed by atoms with E-state index in [1.54, 1.807) is 7.05 Å². The van der Waals surface area contributed by atoms with E-state index in [0.717, 1.165) is 42.2 Å². The van der Waals surface area contributed by atoms with Crippen molar-refractivity contribution in [2.45, 2.75) is 32.8 Å². The predicted octanol–water partition coefficient (Wildman–Crippen LogP) is 2.20. The molecule has 0 saturated carbocycles. The Hall–Kier alpha value is -1.82. The molecule has 122 valence electrons. The molecule has 0 bridgehead atoms. The number of benzene rings is 1. The van der Waals surface area contributed by atoms with Crippen LogP contribution in [0.4, 0.5) is 4.39 Å². The maximum absolute atomic E-state index is 13.6. The predicted molar refractivity (Wildman–Crippen MR) is 84.7 cm³/mol. The van der Waals surface area contributed by atoms with E-state index in [2.05, 4.69) is 22.5 Å². The van der Waals surface area contributed by atoms with Crippen molar-refractivity contribution in [2.24, 2.45) is 4.99 Å². The van der Waals surface area contributed by atoms with Crippen molar-refractivity contribution < 1.29 is 13.9 Å². The monoisotopic (exact) mass is 309 g/mol. The third-order valence-corrected chi connectivity index (χ3v) is 3.48. The lowest BCUT2D eigenvalue weighted by Gasteiger charge is -2.21. The molecule has 0 unspecified atom stereocenters. The molecule has 1 heterocycles. The van der Waals surface area contributed by atoms with Gasteiger partial charge in [-0.25, -0.2) is 4.39 Å². The van der Waals surface area contributed by atoms with Crippen LogP contribution in [0, 0.1) is 5.82 Å². The Balaban J connectivity index is 1.90. The summed E-state index contributed by atoms with van der Waals surface area (Å²) in [5.74, 6) is 1.26. The van der Waals surface area contributed by atoms with Gasteiger partial charge in [0, 0.05) is 25.7 Å². The van der Waals surface area contributed by atoms with E-state index in [-0.39, 0.29) is 12.6 Å². The molecule has 1 aliphatic heterocycles. The lowest BCUT2D eigenvalue weighted by Crippen LogP contribution is -2.38. The molecular formula is C16H24FN3O2. The number of ether oxygens (including phenoxy) is 2. The number of guanidine groups is 1.